The standard InChI is InChI=1S/2C12H16O7/c2*1-7(13)17-6-11-12(19-9(3)15)10(4-5-16-11)18-8(2)14/h2*4-5,10-12H,6H2,1-3H3/t2*10-,11-,12+/m11/s1. The second-order valence-electron chi connectivity index (χ2n) is 7.91. The highest BCUT2D eigenvalue weighted by molar-refractivity contribution is 5.69. The van der Waals surface area contributed by atoms with Crippen molar-refractivity contribution in [2.75, 3.05) is 13.2 Å². The van der Waals surface area contributed by atoms with Crippen molar-refractivity contribution in [2.45, 2.75) is 78.2 Å². The maximum Gasteiger partial charge on any atom is 0.303 e. The average molecular weight is 545 g/mol. The molecule has 38 heavy (non-hydrogen) atoms. The normalized spacial score (nSPS) is 25.1. The summed E-state index contributed by atoms with van der Waals surface area (Å²) in [4.78, 5) is 65.7. The van der Waals surface area contributed by atoms with Crippen LogP contribution in [0.25, 0.3) is 0 Å². The fourth-order valence-electron chi connectivity index (χ4n) is 3.18. The third-order valence-electron chi connectivity index (χ3n) is 4.53. The lowest BCUT2D eigenvalue weighted by Crippen LogP contribution is -2.47. The molecule has 0 radical (unpaired) electrons. The van der Waals surface area contributed by atoms with Crippen molar-refractivity contribution >= 4 is 35.8 Å². The van der Waals surface area contributed by atoms with Gasteiger partial charge in [0.25, 0.3) is 0 Å². The molecular formula is C24H32O14. The second kappa shape index (κ2) is 15.9. The van der Waals surface area contributed by atoms with Crippen LogP contribution in [0.15, 0.2) is 24.7 Å². The molecule has 14 heteroatoms. The quantitative estimate of drug-likeness (QED) is 0.307. The van der Waals surface area contributed by atoms with Gasteiger partial charge in [0, 0.05) is 41.5 Å². The lowest BCUT2D eigenvalue weighted by atomic mass is 10.1. The number of rotatable bonds is 8. The molecule has 2 rings (SSSR count). The molecule has 0 bridgehead atoms. The molecule has 212 valence electrons. The predicted molar refractivity (Wildman–Crippen MR) is 124 cm³/mol. The van der Waals surface area contributed by atoms with Gasteiger partial charge in [0.2, 0.25) is 0 Å². The van der Waals surface area contributed by atoms with Crippen molar-refractivity contribution in [3.63, 3.8) is 0 Å². The number of hydrogen-bond acceptors (Lipinski definition) is 14. The van der Waals surface area contributed by atoms with Gasteiger partial charge in [-0.05, 0) is 12.2 Å². The summed E-state index contributed by atoms with van der Waals surface area (Å²) in [5.41, 5.74) is 0. The van der Waals surface area contributed by atoms with E-state index in [4.69, 9.17) is 37.9 Å². The molecule has 2 heterocycles. The van der Waals surface area contributed by atoms with E-state index in [1.165, 1.54) is 66.2 Å². The smallest absolute Gasteiger partial charge is 0.303 e. The molecule has 0 aromatic rings. The van der Waals surface area contributed by atoms with Gasteiger partial charge in [0.05, 0.1) is 12.5 Å². The minimum absolute atomic E-state index is 0.102. The molecule has 0 aromatic carbocycles. The van der Waals surface area contributed by atoms with Crippen LogP contribution < -0.4 is 0 Å². The van der Waals surface area contributed by atoms with E-state index >= 15 is 0 Å². The van der Waals surface area contributed by atoms with Crippen molar-refractivity contribution in [1.82, 2.24) is 0 Å². The number of esters is 6. The van der Waals surface area contributed by atoms with Crippen LogP contribution in [0.5, 0.6) is 0 Å². The van der Waals surface area contributed by atoms with Gasteiger partial charge in [-0.1, -0.05) is 0 Å². The van der Waals surface area contributed by atoms with Crippen molar-refractivity contribution in [3.05, 3.63) is 24.7 Å². The lowest BCUT2D eigenvalue weighted by molar-refractivity contribution is -0.179. The molecule has 0 saturated carbocycles. The molecule has 0 aliphatic carbocycles. The Hall–Kier alpha value is -4.10. The zero-order chi connectivity index (χ0) is 28.8. The molecule has 0 amide bonds. The predicted octanol–water partition coefficient (Wildman–Crippen LogP) is 0.651. The molecule has 2 aliphatic heterocycles. The maximum absolute atomic E-state index is 11.1. The Morgan fingerprint density at radius 3 is 1.11 bits per heavy atom. The monoisotopic (exact) mass is 544 g/mol. The zero-order valence-electron chi connectivity index (χ0n) is 21.9. The van der Waals surface area contributed by atoms with Gasteiger partial charge >= 0.3 is 35.8 Å². The molecular weight excluding hydrogens is 512 g/mol. The topological polar surface area (TPSA) is 176 Å². The SMILES string of the molecule is CC(=O)OC[C@H]1OC=C[C@@H](OC(C)=O)[C@@H]1OC(C)=O.CC(=O)OC[C@H]1OC=C[C@@H](OC(C)=O)[C@@H]1OC(C)=O. The number of carbonyl (C=O) groups excluding carboxylic acids is 6. The molecule has 0 spiro atoms. The molecule has 0 saturated heterocycles. The van der Waals surface area contributed by atoms with Crippen LogP contribution in [0.3, 0.4) is 0 Å². The fourth-order valence-corrected chi connectivity index (χ4v) is 3.18. The van der Waals surface area contributed by atoms with Crippen LogP contribution in [0.1, 0.15) is 41.5 Å². The van der Waals surface area contributed by atoms with Crippen molar-refractivity contribution < 1.29 is 66.7 Å². The second-order valence-corrected chi connectivity index (χ2v) is 7.91. The third-order valence-corrected chi connectivity index (χ3v) is 4.53. The van der Waals surface area contributed by atoms with Crippen LogP contribution in [-0.4, -0.2) is 85.7 Å². The van der Waals surface area contributed by atoms with Gasteiger partial charge in [-0.15, -0.1) is 0 Å². The highest BCUT2D eigenvalue weighted by Gasteiger charge is 2.39. The van der Waals surface area contributed by atoms with E-state index in [2.05, 4.69) is 0 Å². The summed E-state index contributed by atoms with van der Waals surface area (Å²) in [6, 6.07) is 0. The Bertz CT molecular complexity index is 849. The van der Waals surface area contributed by atoms with E-state index in [-0.39, 0.29) is 13.2 Å². The van der Waals surface area contributed by atoms with Gasteiger partial charge in [0.1, 0.15) is 13.2 Å². The van der Waals surface area contributed by atoms with Gasteiger partial charge in [-0.25, -0.2) is 0 Å². The van der Waals surface area contributed by atoms with Gasteiger partial charge in [-0.2, -0.15) is 0 Å². The van der Waals surface area contributed by atoms with Crippen LogP contribution in [-0.2, 0) is 66.7 Å². The average Bonchev–Trinajstić information content (AvgIpc) is 2.78. The van der Waals surface area contributed by atoms with Crippen LogP contribution in [0.2, 0.25) is 0 Å². The summed E-state index contributed by atoms with van der Waals surface area (Å²) < 4.78 is 40.3. The molecule has 0 fully saturated rings. The van der Waals surface area contributed by atoms with E-state index in [1.807, 2.05) is 0 Å². The minimum atomic E-state index is -0.856. The summed E-state index contributed by atoms with van der Waals surface area (Å²) in [5.74, 6) is -3.09. The Labute approximate surface area is 219 Å². The Morgan fingerprint density at radius 2 is 0.842 bits per heavy atom. The summed E-state index contributed by atoms with van der Waals surface area (Å²) in [7, 11) is 0. The lowest BCUT2D eigenvalue weighted by Gasteiger charge is -2.32. The van der Waals surface area contributed by atoms with E-state index in [0.29, 0.717) is 0 Å². The minimum Gasteiger partial charge on any atom is -0.491 e. The zero-order valence-corrected chi connectivity index (χ0v) is 21.9. The first kappa shape index (κ1) is 31.9. The molecule has 2 aliphatic rings. The number of hydrogen-bond donors (Lipinski definition) is 0. The van der Waals surface area contributed by atoms with Crippen molar-refractivity contribution in [1.29, 1.82) is 0 Å². The first-order chi connectivity index (χ1) is 17.8. The van der Waals surface area contributed by atoms with Crippen LogP contribution in [0.4, 0.5) is 0 Å². The molecule has 14 nitrogen and oxygen atoms in total. The van der Waals surface area contributed by atoms with E-state index in [0.717, 1.165) is 0 Å². The Morgan fingerprint density at radius 1 is 0.526 bits per heavy atom. The summed E-state index contributed by atoms with van der Waals surface area (Å²) in [6.07, 6.45) is 0.870. The van der Waals surface area contributed by atoms with E-state index in [9.17, 15) is 28.8 Å². The maximum atomic E-state index is 11.1. The van der Waals surface area contributed by atoms with Crippen LogP contribution in [0, 0.1) is 0 Å². The largest absolute Gasteiger partial charge is 0.491 e. The van der Waals surface area contributed by atoms with Crippen LogP contribution >= 0.6 is 0 Å². The highest BCUT2D eigenvalue weighted by Crippen LogP contribution is 2.21. The summed E-state index contributed by atoms with van der Waals surface area (Å²) in [5, 5.41) is 0. The van der Waals surface area contributed by atoms with Crippen molar-refractivity contribution in [2.24, 2.45) is 0 Å². The Balaban J connectivity index is 0.000000380. The first-order valence-electron chi connectivity index (χ1n) is 11.4. The van der Waals surface area contributed by atoms with E-state index < -0.39 is 72.4 Å². The first-order valence-corrected chi connectivity index (χ1v) is 11.4. The van der Waals surface area contributed by atoms with E-state index in [1.54, 1.807) is 0 Å². The number of ether oxygens (including phenoxy) is 8. The van der Waals surface area contributed by atoms with Gasteiger partial charge in [-0.3, -0.25) is 28.8 Å². The highest BCUT2D eigenvalue weighted by atomic mass is 16.6. The van der Waals surface area contributed by atoms with Gasteiger partial charge < -0.3 is 37.9 Å². The van der Waals surface area contributed by atoms with Crippen molar-refractivity contribution in [3.8, 4) is 0 Å². The molecule has 0 unspecified atom stereocenters. The fraction of sp³-hybridized carbons (Fsp3) is 0.583. The summed E-state index contributed by atoms with van der Waals surface area (Å²) in [6.45, 7) is 7.25. The third kappa shape index (κ3) is 12.2. The molecule has 6 atom stereocenters. The Kier molecular flexibility index (Phi) is 13.4. The number of carbonyl (C=O) groups is 6. The summed E-state index contributed by atoms with van der Waals surface area (Å²) >= 11 is 0. The molecule has 0 N–H and O–H groups in total. The molecule has 0 aromatic heterocycles. The van der Waals surface area contributed by atoms with Gasteiger partial charge in [0.15, 0.2) is 36.6 Å².